The van der Waals surface area contributed by atoms with E-state index in [1.165, 1.54) is 0 Å². The highest BCUT2D eigenvalue weighted by Crippen LogP contribution is 2.23. The number of phenolic OH excluding ortho intramolecular Hbond substituents is 1. The van der Waals surface area contributed by atoms with E-state index in [-0.39, 0.29) is 6.04 Å². The summed E-state index contributed by atoms with van der Waals surface area (Å²) in [4.78, 5) is 0. The summed E-state index contributed by atoms with van der Waals surface area (Å²) in [5, 5.41) is 9.37. The van der Waals surface area contributed by atoms with Gasteiger partial charge in [0.15, 0.2) is 0 Å². The summed E-state index contributed by atoms with van der Waals surface area (Å²) >= 11 is 0. The minimum atomic E-state index is 0.00537. The van der Waals surface area contributed by atoms with Crippen LogP contribution in [0.3, 0.4) is 0 Å². The molecule has 0 aromatic heterocycles. The minimum absolute atomic E-state index is 0.00537. The summed E-state index contributed by atoms with van der Waals surface area (Å²) in [6.07, 6.45) is 0. The SMILES string of the molecule is Cc1cc(O)cc([C@@H](N)C(C)C)c1. The Labute approximate surface area is 79.4 Å². The Morgan fingerprint density at radius 2 is 1.85 bits per heavy atom. The average molecular weight is 179 g/mol. The molecule has 0 heterocycles. The molecule has 0 amide bonds. The van der Waals surface area contributed by atoms with Crippen molar-refractivity contribution >= 4 is 0 Å². The van der Waals surface area contributed by atoms with Gasteiger partial charge in [-0.3, -0.25) is 0 Å². The number of benzene rings is 1. The molecule has 0 unspecified atom stereocenters. The molecule has 1 aromatic carbocycles. The van der Waals surface area contributed by atoms with Gasteiger partial charge in [0.2, 0.25) is 0 Å². The van der Waals surface area contributed by atoms with Crippen LogP contribution in [0.2, 0.25) is 0 Å². The topological polar surface area (TPSA) is 46.2 Å². The molecular weight excluding hydrogens is 162 g/mol. The molecule has 0 aliphatic heterocycles. The molecule has 2 heteroatoms. The molecule has 0 saturated carbocycles. The summed E-state index contributed by atoms with van der Waals surface area (Å²) in [7, 11) is 0. The third-order valence-corrected chi connectivity index (χ3v) is 2.19. The third-order valence-electron chi connectivity index (χ3n) is 2.19. The molecule has 1 atom stereocenters. The van der Waals surface area contributed by atoms with E-state index in [0.29, 0.717) is 11.7 Å². The number of aromatic hydroxyl groups is 1. The highest BCUT2D eigenvalue weighted by atomic mass is 16.3. The van der Waals surface area contributed by atoms with Crippen molar-refractivity contribution in [2.24, 2.45) is 11.7 Å². The van der Waals surface area contributed by atoms with Crippen molar-refractivity contribution in [3.63, 3.8) is 0 Å². The van der Waals surface area contributed by atoms with Gasteiger partial charge in [0.25, 0.3) is 0 Å². The maximum Gasteiger partial charge on any atom is 0.116 e. The van der Waals surface area contributed by atoms with E-state index in [1.807, 2.05) is 13.0 Å². The van der Waals surface area contributed by atoms with Crippen LogP contribution in [0.1, 0.15) is 31.0 Å². The van der Waals surface area contributed by atoms with Gasteiger partial charge >= 0.3 is 0 Å². The van der Waals surface area contributed by atoms with Crippen molar-refractivity contribution in [1.29, 1.82) is 0 Å². The molecule has 0 saturated heterocycles. The minimum Gasteiger partial charge on any atom is -0.508 e. The molecule has 1 aromatic rings. The standard InChI is InChI=1S/C11H17NO/c1-7(2)11(12)9-4-8(3)5-10(13)6-9/h4-7,11,13H,12H2,1-3H3/t11-/m0/s1. The molecule has 13 heavy (non-hydrogen) atoms. The first kappa shape index (κ1) is 10.1. The Morgan fingerprint density at radius 1 is 1.23 bits per heavy atom. The van der Waals surface area contributed by atoms with Gasteiger partial charge in [0.05, 0.1) is 0 Å². The van der Waals surface area contributed by atoms with E-state index < -0.39 is 0 Å². The summed E-state index contributed by atoms with van der Waals surface area (Å²) in [5.74, 6) is 0.687. The molecule has 72 valence electrons. The normalized spacial score (nSPS) is 13.3. The number of hydrogen-bond donors (Lipinski definition) is 2. The smallest absolute Gasteiger partial charge is 0.116 e. The molecule has 0 radical (unpaired) electrons. The van der Waals surface area contributed by atoms with E-state index >= 15 is 0 Å². The maximum atomic E-state index is 9.37. The third kappa shape index (κ3) is 2.46. The van der Waals surface area contributed by atoms with Crippen molar-refractivity contribution in [3.8, 4) is 5.75 Å². The molecule has 2 nitrogen and oxygen atoms in total. The Balaban J connectivity index is 3.01. The lowest BCUT2D eigenvalue weighted by molar-refractivity contribution is 0.468. The van der Waals surface area contributed by atoms with Crippen LogP contribution in [0.25, 0.3) is 0 Å². The molecule has 0 fully saturated rings. The zero-order valence-electron chi connectivity index (χ0n) is 8.41. The van der Waals surface area contributed by atoms with Crippen LogP contribution in [0.4, 0.5) is 0 Å². The predicted molar refractivity (Wildman–Crippen MR) is 54.6 cm³/mol. The highest BCUT2D eigenvalue weighted by Gasteiger charge is 2.11. The van der Waals surface area contributed by atoms with Crippen molar-refractivity contribution in [2.75, 3.05) is 0 Å². The molecular formula is C11H17NO. The van der Waals surface area contributed by atoms with E-state index in [0.717, 1.165) is 11.1 Å². The fourth-order valence-corrected chi connectivity index (χ4v) is 1.37. The first-order valence-electron chi connectivity index (χ1n) is 4.57. The van der Waals surface area contributed by atoms with Crippen molar-refractivity contribution < 1.29 is 5.11 Å². The lowest BCUT2D eigenvalue weighted by atomic mass is 9.96. The van der Waals surface area contributed by atoms with Gasteiger partial charge in [0.1, 0.15) is 5.75 Å². The fraction of sp³-hybridized carbons (Fsp3) is 0.455. The van der Waals surface area contributed by atoms with E-state index in [9.17, 15) is 5.11 Å². The lowest BCUT2D eigenvalue weighted by Crippen LogP contribution is -2.16. The van der Waals surface area contributed by atoms with Gasteiger partial charge in [-0.25, -0.2) is 0 Å². The number of nitrogens with two attached hydrogens (primary N) is 1. The zero-order chi connectivity index (χ0) is 10.0. The van der Waals surface area contributed by atoms with Crippen molar-refractivity contribution in [3.05, 3.63) is 29.3 Å². The summed E-state index contributed by atoms with van der Waals surface area (Å²) in [5.41, 5.74) is 8.02. The average Bonchev–Trinajstić information content (AvgIpc) is 2.01. The number of hydrogen-bond acceptors (Lipinski definition) is 2. The van der Waals surface area contributed by atoms with E-state index in [2.05, 4.69) is 13.8 Å². The van der Waals surface area contributed by atoms with Gasteiger partial charge in [-0.05, 0) is 36.1 Å². The van der Waals surface area contributed by atoms with Crippen molar-refractivity contribution in [2.45, 2.75) is 26.8 Å². The molecule has 0 aliphatic rings. The van der Waals surface area contributed by atoms with Gasteiger partial charge < -0.3 is 10.8 Å². The van der Waals surface area contributed by atoms with Gasteiger partial charge in [-0.2, -0.15) is 0 Å². The van der Waals surface area contributed by atoms with Gasteiger partial charge in [-0.1, -0.05) is 19.9 Å². The van der Waals surface area contributed by atoms with Crippen LogP contribution in [0.5, 0.6) is 5.75 Å². The van der Waals surface area contributed by atoms with Crippen LogP contribution >= 0.6 is 0 Å². The maximum absolute atomic E-state index is 9.37. The molecule has 0 bridgehead atoms. The molecule has 3 N–H and O–H groups in total. The number of phenols is 1. The summed E-state index contributed by atoms with van der Waals surface area (Å²) in [6.45, 7) is 6.10. The number of aryl methyl sites for hydroxylation is 1. The van der Waals surface area contributed by atoms with Crippen LogP contribution in [0, 0.1) is 12.8 Å². The summed E-state index contributed by atoms with van der Waals surface area (Å²) in [6, 6.07) is 5.49. The first-order valence-corrected chi connectivity index (χ1v) is 4.57. The van der Waals surface area contributed by atoms with E-state index in [1.54, 1.807) is 12.1 Å². The van der Waals surface area contributed by atoms with Crippen LogP contribution in [-0.2, 0) is 0 Å². The van der Waals surface area contributed by atoms with Crippen LogP contribution in [0.15, 0.2) is 18.2 Å². The second-order valence-corrected chi connectivity index (χ2v) is 3.87. The lowest BCUT2D eigenvalue weighted by Gasteiger charge is -2.16. The number of rotatable bonds is 2. The second kappa shape index (κ2) is 3.79. The van der Waals surface area contributed by atoms with Crippen LogP contribution in [-0.4, -0.2) is 5.11 Å². The molecule has 0 aliphatic carbocycles. The highest BCUT2D eigenvalue weighted by molar-refractivity contribution is 5.34. The van der Waals surface area contributed by atoms with Crippen LogP contribution < -0.4 is 5.73 Å². The molecule has 0 spiro atoms. The van der Waals surface area contributed by atoms with Gasteiger partial charge in [0, 0.05) is 6.04 Å². The van der Waals surface area contributed by atoms with Gasteiger partial charge in [-0.15, -0.1) is 0 Å². The Hall–Kier alpha value is -1.02. The Bertz CT molecular complexity index is 274. The zero-order valence-corrected chi connectivity index (χ0v) is 8.41. The Morgan fingerprint density at radius 3 is 2.31 bits per heavy atom. The summed E-state index contributed by atoms with van der Waals surface area (Å²) < 4.78 is 0. The largest absolute Gasteiger partial charge is 0.508 e. The second-order valence-electron chi connectivity index (χ2n) is 3.87. The Kier molecular flexibility index (Phi) is 2.94. The van der Waals surface area contributed by atoms with E-state index in [4.69, 9.17) is 5.73 Å². The first-order chi connectivity index (χ1) is 6.00. The monoisotopic (exact) mass is 179 g/mol. The predicted octanol–water partition coefficient (Wildman–Crippen LogP) is 2.36. The molecule has 1 rings (SSSR count). The fourth-order valence-electron chi connectivity index (χ4n) is 1.37. The van der Waals surface area contributed by atoms with Crippen molar-refractivity contribution in [1.82, 2.24) is 0 Å². The quantitative estimate of drug-likeness (QED) is 0.732.